The van der Waals surface area contributed by atoms with Crippen molar-refractivity contribution in [1.82, 2.24) is 0 Å². The third-order valence-electron chi connectivity index (χ3n) is 2.58. The number of thioether (sulfide) groups is 2. The molecule has 1 saturated heterocycles. The summed E-state index contributed by atoms with van der Waals surface area (Å²) < 4.78 is 0.657. The zero-order chi connectivity index (χ0) is 10.5. The average Bonchev–Trinajstić information content (AvgIpc) is 2.78. The quantitative estimate of drug-likeness (QED) is 0.798. The van der Waals surface area contributed by atoms with Crippen molar-refractivity contribution in [3.05, 3.63) is 28.2 Å². The largest absolute Gasteiger partial charge is 0.323 e. The predicted molar refractivity (Wildman–Crippen MR) is 69.4 cm³/mol. The van der Waals surface area contributed by atoms with E-state index < -0.39 is 0 Å². The monoisotopic (exact) mass is 301 g/mol. The first kappa shape index (κ1) is 10.1. The molecule has 2 aliphatic heterocycles. The van der Waals surface area contributed by atoms with Crippen LogP contribution >= 0.6 is 39.5 Å². The van der Waals surface area contributed by atoms with Gasteiger partial charge in [-0.15, -0.1) is 23.5 Å². The van der Waals surface area contributed by atoms with Crippen molar-refractivity contribution in [2.24, 2.45) is 0 Å². The Morgan fingerprint density at radius 1 is 1.33 bits per heavy atom. The molecule has 2 aliphatic rings. The number of halogens is 1. The Morgan fingerprint density at radius 2 is 2.07 bits per heavy atom. The third kappa shape index (κ3) is 1.36. The molecular weight excluding hydrogens is 294 g/mol. The molecule has 5 heteroatoms. The summed E-state index contributed by atoms with van der Waals surface area (Å²) in [6.07, 6.45) is 0. The summed E-state index contributed by atoms with van der Waals surface area (Å²) in [7, 11) is 0. The number of hydrogen-bond acceptors (Lipinski definition) is 3. The van der Waals surface area contributed by atoms with E-state index in [9.17, 15) is 4.79 Å². The minimum Gasteiger partial charge on any atom is -0.323 e. The van der Waals surface area contributed by atoms with Crippen LogP contribution in [0, 0.1) is 0 Å². The lowest BCUT2D eigenvalue weighted by Gasteiger charge is -2.18. The Labute approximate surface area is 105 Å². The second-order valence-electron chi connectivity index (χ2n) is 3.46. The Kier molecular flexibility index (Phi) is 2.30. The van der Waals surface area contributed by atoms with Crippen molar-refractivity contribution in [1.29, 1.82) is 0 Å². The van der Waals surface area contributed by atoms with Gasteiger partial charge in [0.2, 0.25) is 0 Å². The van der Waals surface area contributed by atoms with Gasteiger partial charge >= 0.3 is 0 Å². The van der Waals surface area contributed by atoms with Crippen LogP contribution in [0.2, 0.25) is 0 Å². The van der Waals surface area contributed by atoms with Crippen LogP contribution in [-0.4, -0.2) is 17.4 Å². The maximum atomic E-state index is 12.0. The number of carbonyl (C=O) groups excluding carboxylic acids is 1. The minimum atomic E-state index is -0.376. The molecule has 1 N–H and O–H groups in total. The minimum absolute atomic E-state index is 0.128. The zero-order valence-corrected chi connectivity index (χ0v) is 11.0. The summed E-state index contributed by atoms with van der Waals surface area (Å²) >= 11 is 6.94. The Bertz CT molecular complexity index is 443. The van der Waals surface area contributed by atoms with Crippen LogP contribution in [0.1, 0.15) is 5.56 Å². The summed E-state index contributed by atoms with van der Waals surface area (Å²) in [4.78, 5) is 12.0. The van der Waals surface area contributed by atoms with Crippen molar-refractivity contribution in [2.75, 3.05) is 16.8 Å². The molecule has 0 radical (unpaired) electrons. The summed E-state index contributed by atoms with van der Waals surface area (Å²) in [6, 6.07) is 5.98. The molecule has 1 aromatic carbocycles. The van der Waals surface area contributed by atoms with Crippen molar-refractivity contribution in [2.45, 2.75) is 4.08 Å². The van der Waals surface area contributed by atoms with E-state index in [1.54, 1.807) is 23.5 Å². The van der Waals surface area contributed by atoms with E-state index in [0.29, 0.717) is 0 Å². The van der Waals surface area contributed by atoms with E-state index in [0.717, 1.165) is 27.2 Å². The molecule has 15 heavy (non-hydrogen) atoms. The Hall–Kier alpha value is -0.130. The SMILES string of the molecule is O=C1Nc2ccc(Br)cc2C12SCCS2. The summed E-state index contributed by atoms with van der Waals surface area (Å²) in [6.45, 7) is 0. The van der Waals surface area contributed by atoms with Gasteiger partial charge in [-0.25, -0.2) is 0 Å². The molecule has 0 saturated carbocycles. The Balaban J connectivity index is 2.19. The molecule has 0 bridgehead atoms. The molecule has 0 aliphatic carbocycles. The average molecular weight is 302 g/mol. The van der Waals surface area contributed by atoms with E-state index >= 15 is 0 Å². The van der Waals surface area contributed by atoms with Gasteiger partial charge in [-0.1, -0.05) is 15.9 Å². The topological polar surface area (TPSA) is 29.1 Å². The molecule has 3 rings (SSSR count). The van der Waals surface area contributed by atoms with Crippen LogP contribution in [0.25, 0.3) is 0 Å². The van der Waals surface area contributed by atoms with Crippen LogP contribution in [-0.2, 0) is 8.87 Å². The number of benzene rings is 1. The maximum Gasteiger partial charge on any atom is 0.255 e. The number of nitrogens with one attached hydrogen (secondary N) is 1. The molecule has 2 nitrogen and oxygen atoms in total. The smallest absolute Gasteiger partial charge is 0.255 e. The van der Waals surface area contributed by atoms with Crippen molar-refractivity contribution < 1.29 is 4.79 Å². The molecule has 78 valence electrons. The molecule has 2 heterocycles. The van der Waals surface area contributed by atoms with Crippen molar-refractivity contribution in [3.8, 4) is 0 Å². The van der Waals surface area contributed by atoms with Gasteiger partial charge in [0.25, 0.3) is 5.91 Å². The van der Waals surface area contributed by atoms with Gasteiger partial charge < -0.3 is 5.32 Å². The second kappa shape index (κ2) is 3.43. The van der Waals surface area contributed by atoms with Crippen molar-refractivity contribution in [3.63, 3.8) is 0 Å². The van der Waals surface area contributed by atoms with Crippen molar-refractivity contribution >= 4 is 51.0 Å². The highest BCUT2D eigenvalue weighted by atomic mass is 79.9. The lowest BCUT2D eigenvalue weighted by molar-refractivity contribution is -0.116. The van der Waals surface area contributed by atoms with Gasteiger partial charge in [-0.2, -0.15) is 0 Å². The van der Waals surface area contributed by atoms with Gasteiger partial charge in [0.1, 0.15) is 0 Å². The molecule has 1 fully saturated rings. The van der Waals surface area contributed by atoms with Gasteiger partial charge in [0.15, 0.2) is 4.08 Å². The number of carbonyl (C=O) groups is 1. The number of fused-ring (bicyclic) bond motifs is 2. The Morgan fingerprint density at radius 3 is 2.80 bits per heavy atom. The molecule has 0 atom stereocenters. The van der Waals surface area contributed by atoms with E-state index in [1.807, 2.05) is 12.1 Å². The lowest BCUT2D eigenvalue weighted by Crippen LogP contribution is -2.24. The molecule has 1 spiro atoms. The van der Waals surface area contributed by atoms with Gasteiger partial charge in [-0.3, -0.25) is 4.79 Å². The van der Waals surface area contributed by atoms with E-state index in [2.05, 4.69) is 27.3 Å². The highest BCUT2D eigenvalue weighted by Crippen LogP contribution is 2.57. The highest BCUT2D eigenvalue weighted by Gasteiger charge is 2.50. The van der Waals surface area contributed by atoms with Crippen LogP contribution in [0.4, 0.5) is 5.69 Å². The normalized spacial score (nSPS) is 21.8. The maximum absolute atomic E-state index is 12.0. The van der Waals surface area contributed by atoms with Gasteiger partial charge in [-0.05, 0) is 18.2 Å². The molecule has 1 amide bonds. The number of amides is 1. The first-order chi connectivity index (χ1) is 7.22. The predicted octanol–water partition coefficient (Wildman–Crippen LogP) is 3.03. The number of anilines is 1. The number of rotatable bonds is 0. The van der Waals surface area contributed by atoms with Gasteiger partial charge in [0.05, 0.1) is 0 Å². The fraction of sp³-hybridized carbons (Fsp3) is 0.300. The molecule has 0 aromatic heterocycles. The second-order valence-corrected chi connectivity index (χ2v) is 7.25. The molecule has 0 unspecified atom stereocenters. The van der Waals surface area contributed by atoms with Gasteiger partial charge in [0, 0.05) is 27.2 Å². The van der Waals surface area contributed by atoms with E-state index in [1.165, 1.54) is 0 Å². The third-order valence-corrected chi connectivity index (χ3v) is 6.48. The standard InChI is InChI=1S/C10H8BrNOS2/c11-6-1-2-8-7(5-6)10(9(13)12-8)14-3-4-15-10/h1-2,5H,3-4H2,(H,12,13). The first-order valence-electron chi connectivity index (χ1n) is 4.62. The first-order valence-corrected chi connectivity index (χ1v) is 7.38. The summed E-state index contributed by atoms with van der Waals surface area (Å²) in [5.74, 6) is 2.22. The zero-order valence-electron chi connectivity index (χ0n) is 7.75. The fourth-order valence-electron chi connectivity index (χ4n) is 1.92. The summed E-state index contributed by atoms with van der Waals surface area (Å²) in [5, 5.41) is 2.96. The van der Waals surface area contributed by atoms with Crippen LogP contribution in [0.15, 0.2) is 22.7 Å². The summed E-state index contributed by atoms with van der Waals surface area (Å²) in [5.41, 5.74) is 2.08. The van der Waals surface area contributed by atoms with E-state index in [-0.39, 0.29) is 9.99 Å². The van der Waals surface area contributed by atoms with E-state index in [4.69, 9.17) is 0 Å². The molecule has 1 aromatic rings. The number of hydrogen-bond donors (Lipinski definition) is 1. The van der Waals surface area contributed by atoms with Crippen LogP contribution in [0.5, 0.6) is 0 Å². The lowest BCUT2D eigenvalue weighted by atomic mass is 10.1. The highest BCUT2D eigenvalue weighted by molar-refractivity contribution is 9.10. The fourth-order valence-corrected chi connectivity index (χ4v) is 5.37. The van der Waals surface area contributed by atoms with Crippen LogP contribution < -0.4 is 5.32 Å². The van der Waals surface area contributed by atoms with Crippen LogP contribution in [0.3, 0.4) is 0 Å². The molecular formula is C10H8BrNOS2.